The molecule has 154 valence electrons. The van der Waals surface area contributed by atoms with Gasteiger partial charge in [-0.25, -0.2) is 0 Å². The second-order valence-corrected chi connectivity index (χ2v) is 7.04. The van der Waals surface area contributed by atoms with Gasteiger partial charge < -0.3 is 15.8 Å². The average molecular weight is 389 g/mol. The number of carbonyl (C=O) groups excluding carboxylic acids is 3. The first-order chi connectivity index (χ1) is 13.6. The third-order valence-corrected chi connectivity index (χ3v) is 4.77. The number of amides is 1. The summed E-state index contributed by atoms with van der Waals surface area (Å²) in [5, 5.41) is 5.65. The Balaban J connectivity index is 1.91. The predicted molar refractivity (Wildman–Crippen MR) is 107 cm³/mol. The molecular weight excluding hydrogens is 358 g/mol. The van der Waals surface area contributed by atoms with E-state index in [1.165, 1.54) is 0 Å². The molecule has 1 aliphatic rings. The molecule has 0 radical (unpaired) electrons. The zero-order chi connectivity index (χ0) is 20.4. The van der Waals surface area contributed by atoms with Gasteiger partial charge in [-0.05, 0) is 38.3 Å². The second kappa shape index (κ2) is 11.6. The van der Waals surface area contributed by atoms with Crippen LogP contribution in [0.3, 0.4) is 0 Å². The van der Waals surface area contributed by atoms with E-state index in [1.807, 2.05) is 30.3 Å². The Morgan fingerprint density at radius 1 is 1.11 bits per heavy atom. The Morgan fingerprint density at radius 2 is 1.82 bits per heavy atom. The van der Waals surface area contributed by atoms with Crippen molar-refractivity contribution in [2.75, 3.05) is 13.2 Å². The Morgan fingerprint density at radius 3 is 2.50 bits per heavy atom. The summed E-state index contributed by atoms with van der Waals surface area (Å²) in [4.78, 5) is 36.9. The van der Waals surface area contributed by atoms with Gasteiger partial charge in [-0.2, -0.15) is 0 Å². The van der Waals surface area contributed by atoms with Crippen LogP contribution in [0.5, 0.6) is 0 Å². The van der Waals surface area contributed by atoms with Crippen molar-refractivity contribution in [3.05, 3.63) is 35.9 Å². The molecule has 4 N–H and O–H groups in total. The molecule has 0 aromatic heterocycles. The number of ether oxygens (including phenoxy) is 1. The van der Waals surface area contributed by atoms with Gasteiger partial charge in [0.2, 0.25) is 5.91 Å². The first kappa shape index (κ1) is 22.0. The normalized spacial score (nSPS) is 18.9. The third-order valence-electron chi connectivity index (χ3n) is 4.77. The van der Waals surface area contributed by atoms with Gasteiger partial charge in [-0.1, -0.05) is 43.2 Å². The lowest BCUT2D eigenvalue weighted by Crippen LogP contribution is -2.45. The summed E-state index contributed by atoms with van der Waals surface area (Å²) in [6, 6.07) is 7.74. The zero-order valence-electron chi connectivity index (χ0n) is 16.5. The SMILES string of the molecule is CCOC(=O)[C@H]1N[C@@H]1C(=O)N[C@@H](Cc1ccccc1)C(=O)CCCCCCN. The highest BCUT2D eigenvalue weighted by atomic mass is 16.5. The molecule has 0 aliphatic carbocycles. The van der Waals surface area contributed by atoms with Gasteiger partial charge in [0.1, 0.15) is 12.1 Å². The summed E-state index contributed by atoms with van der Waals surface area (Å²) in [6.45, 7) is 2.65. The molecule has 0 bridgehead atoms. The number of esters is 1. The van der Waals surface area contributed by atoms with Crippen LogP contribution in [-0.2, 0) is 25.5 Å². The molecule has 0 saturated carbocycles. The number of hydrogen-bond acceptors (Lipinski definition) is 6. The average Bonchev–Trinajstić information content (AvgIpc) is 3.49. The number of carbonyl (C=O) groups is 3. The van der Waals surface area contributed by atoms with Crippen LogP contribution < -0.4 is 16.4 Å². The summed E-state index contributed by atoms with van der Waals surface area (Å²) < 4.78 is 4.92. The van der Waals surface area contributed by atoms with E-state index in [0.717, 1.165) is 31.2 Å². The fourth-order valence-corrected chi connectivity index (χ4v) is 3.13. The molecule has 1 aliphatic heterocycles. The first-order valence-corrected chi connectivity index (χ1v) is 10.1. The van der Waals surface area contributed by atoms with Crippen molar-refractivity contribution in [1.82, 2.24) is 10.6 Å². The van der Waals surface area contributed by atoms with E-state index in [9.17, 15) is 14.4 Å². The van der Waals surface area contributed by atoms with Crippen molar-refractivity contribution < 1.29 is 19.1 Å². The first-order valence-electron chi connectivity index (χ1n) is 10.1. The van der Waals surface area contributed by atoms with Crippen molar-refractivity contribution in [2.45, 2.75) is 63.6 Å². The van der Waals surface area contributed by atoms with E-state index in [2.05, 4.69) is 10.6 Å². The summed E-state index contributed by atoms with van der Waals surface area (Å²) in [5.41, 5.74) is 6.47. The van der Waals surface area contributed by atoms with E-state index in [1.54, 1.807) is 6.92 Å². The molecule has 1 amide bonds. The molecule has 2 rings (SSSR count). The van der Waals surface area contributed by atoms with Gasteiger partial charge >= 0.3 is 5.97 Å². The molecule has 3 atom stereocenters. The fourth-order valence-electron chi connectivity index (χ4n) is 3.13. The second-order valence-electron chi connectivity index (χ2n) is 7.04. The number of unbranched alkanes of at least 4 members (excludes halogenated alkanes) is 3. The molecule has 1 aromatic rings. The third kappa shape index (κ3) is 7.05. The van der Waals surface area contributed by atoms with Gasteiger partial charge in [-0.15, -0.1) is 0 Å². The minimum absolute atomic E-state index is 0.0123. The Hall–Kier alpha value is -2.25. The molecule has 1 aromatic carbocycles. The van der Waals surface area contributed by atoms with Gasteiger partial charge in [0.25, 0.3) is 0 Å². The van der Waals surface area contributed by atoms with E-state index < -0.39 is 24.1 Å². The number of Topliss-reactive ketones (excluding diaryl/α,β-unsaturated/α-hetero) is 1. The molecule has 0 unspecified atom stereocenters. The van der Waals surface area contributed by atoms with E-state index in [0.29, 0.717) is 19.4 Å². The van der Waals surface area contributed by atoms with Gasteiger partial charge in [-0.3, -0.25) is 19.7 Å². The molecule has 7 nitrogen and oxygen atoms in total. The number of nitrogens with two attached hydrogens (primary N) is 1. The lowest BCUT2D eigenvalue weighted by Gasteiger charge is -2.18. The Kier molecular flexibility index (Phi) is 9.10. The summed E-state index contributed by atoms with van der Waals surface area (Å²) in [5.74, 6) is -0.762. The standard InChI is InChI=1S/C21H31N3O4/c1-2-28-21(27)19-18(24-19)20(26)23-16(14-15-10-6-5-7-11-15)17(25)12-8-3-4-9-13-22/h5-7,10-11,16,18-19,24H,2-4,8-9,12-14,22H2,1H3,(H,23,26)/t16-,18-,19-/m0/s1. The number of rotatable bonds is 13. The molecular formula is C21H31N3O4. The molecule has 1 heterocycles. The molecule has 0 spiro atoms. The summed E-state index contributed by atoms with van der Waals surface area (Å²) in [6.07, 6.45) is 4.55. The maximum absolute atomic E-state index is 12.7. The number of nitrogens with one attached hydrogen (secondary N) is 2. The van der Waals surface area contributed by atoms with Crippen molar-refractivity contribution in [1.29, 1.82) is 0 Å². The highest BCUT2D eigenvalue weighted by molar-refractivity contribution is 5.98. The van der Waals surface area contributed by atoms with Crippen LogP contribution in [-0.4, -0.2) is 48.9 Å². The van der Waals surface area contributed by atoms with Gasteiger partial charge in [0.15, 0.2) is 5.78 Å². The number of ketones is 1. The van der Waals surface area contributed by atoms with Crippen LogP contribution in [0.15, 0.2) is 30.3 Å². The van der Waals surface area contributed by atoms with Gasteiger partial charge in [0, 0.05) is 6.42 Å². The zero-order valence-corrected chi connectivity index (χ0v) is 16.5. The summed E-state index contributed by atoms with van der Waals surface area (Å²) in [7, 11) is 0. The predicted octanol–water partition coefficient (Wildman–Crippen LogP) is 1.10. The largest absolute Gasteiger partial charge is 0.465 e. The van der Waals surface area contributed by atoms with Crippen molar-refractivity contribution in [2.24, 2.45) is 5.73 Å². The fraction of sp³-hybridized carbons (Fsp3) is 0.571. The topological polar surface area (TPSA) is 120 Å². The monoisotopic (exact) mass is 389 g/mol. The lowest BCUT2D eigenvalue weighted by molar-refractivity contribution is -0.143. The van der Waals surface area contributed by atoms with E-state index in [-0.39, 0.29) is 18.3 Å². The van der Waals surface area contributed by atoms with Crippen LogP contribution in [0.4, 0.5) is 0 Å². The quantitative estimate of drug-likeness (QED) is 0.264. The maximum atomic E-state index is 12.7. The number of hydrogen-bond donors (Lipinski definition) is 3. The maximum Gasteiger partial charge on any atom is 0.325 e. The van der Waals surface area contributed by atoms with Crippen LogP contribution in [0.1, 0.15) is 44.6 Å². The van der Waals surface area contributed by atoms with Crippen LogP contribution >= 0.6 is 0 Å². The van der Waals surface area contributed by atoms with Crippen LogP contribution in [0, 0.1) is 0 Å². The van der Waals surface area contributed by atoms with Gasteiger partial charge in [0.05, 0.1) is 12.6 Å². The summed E-state index contributed by atoms with van der Waals surface area (Å²) >= 11 is 0. The van der Waals surface area contributed by atoms with E-state index in [4.69, 9.17) is 10.5 Å². The molecule has 1 fully saturated rings. The highest BCUT2D eigenvalue weighted by Crippen LogP contribution is 2.15. The molecule has 28 heavy (non-hydrogen) atoms. The highest BCUT2D eigenvalue weighted by Gasteiger charge is 2.49. The molecule has 1 saturated heterocycles. The van der Waals surface area contributed by atoms with Crippen molar-refractivity contribution in [3.63, 3.8) is 0 Å². The minimum atomic E-state index is -0.630. The van der Waals surface area contributed by atoms with Crippen LogP contribution in [0.25, 0.3) is 0 Å². The van der Waals surface area contributed by atoms with Crippen molar-refractivity contribution in [3.8, 4) is 0 Å². The van der Waals surface area contributed by atoms with Crippen LogP contribution in [0.2, 0.25) is 0 Å². The Bertz CT molecular complexity index is 650. The Labute approximate surface area is 166 Å². The minimum Gasteiger partial charge on any atom is -0.465 e. The lowest BCUT2D eigenvalue weighted by atomic mass is 9.98. The smallest absolute Gasteiger partial charge is 0.325 e. The van der Waals surface area contributed by atoms with E-state index >= 15 is 0 Å². The number of benzene rings is 1. The molecule has 7 heteroatoms. The van der Waals surface area contributed by atoms with Crippen molar-refractivity contribution >= 4 is 17.7 Å².